The first-order valence-corrected chi connectivity index (χ1v) is 21.5. The van der Waals surface area contributed by atoms with Gasteiger partial charge in [0.1, 0.15) is 0 Å². The lowest BCUT2D eigenvalue weighted by Crippen LogP contribution is -2.31. The molecule has 0 fully saturated rings. The number of rotatable bonds is 6. The van der Waals surface area contributed by atoms with Crippen LogP contribution in [-0.4, -0.2) is 0 Å². The van der Waals surface area contributed by atoms with Crippen LogP contribution in [0.5, 0.6) is 0 Å². The molecule has 3 aliphatic rings. The third-order valence-corrected chi connectivity index (χ3v) is 14.1. The molecule has 2 unspecified atom stereocenters. The van der Waals surface area contributed by atoms with E-state index in [1.54, 1.807) is 0 Å². The molecule has 8 aromatic rings. The number of aryl methyl sites for hydroxylation is 1. The first-order chi connectivity index (χ1) is 29.1. The van der Waals surface area contributed by atoms with E-state index in [9.17, 15) is 0 Å². The molecule has 0 bridgehead atoms. The Morgan fingerprint density at radius 1 is 0.500 bits per heavy atom. The van der Waals surface area contributed by atoms with E-state index in [0.717, 1.165) is 5.69 Å². The molecule has 0 N–H and O–H groups in total. The summed E-state index contributed by atoms with van der Waals surface area (Å²) < 4.78 is 0. The lowest BCUT2D eigenvalue weighted by Gasteiger charge is -2.37. The van der Waals surface area contributed by atoms with Crippen LogP contribution in [0.15, 0.2) is 193 Å². The number of nitrogens with zero attached hydrogens (tertiary/aromatic N) is 2. The van der Waals surface area contributed by atoms with Gasteiger partial charge in [-0.1, -0.05) is 161 Å². The normalized spacial score (nSPS) is 18.0. The summed E-state index contributed by atoms with van der Waals surface area (Å²) >= 11 is 0. The molecular weight excluding hydrogens is 725 g/mol. The van der Waals surface area contributed by atoms with Gasteiger partial charge < -0.3 is 9.80 Å². The van der Waals surface area contributed by atoms with E-state index in [0.29, 0.717) is 5.92 Å². The van der Waals surface area contributed by atoms with Crippen LogP contribution in [-0.2, 0) is 10.8 Å². The van der Waals surface area contributed by atoms with E-state index in [1.807, 2.05) is 0 Å². The van der Waals surface area contributed by atoms with E-state index >= 15 is 0 Å². The lowest BCUT2D eigenvalue weighted by atomic mass is 9.69. The number of allylic oxidation sites excluding steroid dienone is 3. The summed E-state index contributed by atoms with van der Waals surface area (Å²) in [6, 6.07) is 62.6. The Hall–Kier alpha value is -6.64. The van der Waals surface area contributed by atoms with Gasteiger partial charge in [-0.2, -0.15) is 0 Å². The molecule has 0 aromatic heterocycles. The van der Waals surface area contributed by atoms with Crippen molar-refractivity contribution < 1.29 is 0 Å². The van der Waals surface area contributed by atoms with Crippen LogP contribution in [0.4, 0.5) is 28.4 Å². The highest BCUT2D eigenvalue weighted by Gasteiger charge is 2.52. The quantitative estimate of drug-likeness (QED) is 0.166. The Kier molecular flexibility index (Phi) is 8.16. The van der Waals surface area contributed by atoms with Gasteiger partial charge in [-0.05, 0) is 130 Å². The molecule has 2 nitrogen and oxygen atoms in total. The van der Waals surface area contributed by atoms with E-state index in [4.69, 9.17) is 0 Å². The second-order valence-corrected chi connectivity index (χ2v) is 18.3. The van der Waals surface area contributed by atoms with Gasteiger partial charge in [0.2, 0.25) is 0 Å². The van der Waals surface area contributed by atoms with E-state index in [2.05, 4.69) is 233 Å². The Morgan fingerprint density at radius 3 is 1.68 bits per heavy atom. The van der Waals surface area contributed by atoms with Gasteiger partial charge in [0, 0.05) is 44.9 Å². The van der Waals surface area contributed by atoms with Crippen molar-refractivity contribution in [2.75, 3.05) is 9.80 Å². The largest absolute Gasteiger partial charge is 0.310 e. The number of fused-ring (bicyclic) bond motifs is 9. The average Bonchev–Trinajstić information content (AvgIpc) is 3.64. The standard InChI is InChI=1S/C58H50N2/c1-37-33-43(59(41-23-9-7-10-24-41)51-29-17-21-39-19-13-15-27-45(39)51)35-49-53(37)47-31-32-48-54-38(2)34-44(36-50(54)58(5,6)56(48)55(47)57(49,3)4)60(42-25-11-8-12-26-42)52-30-18-22-40-20-14-16-28-46(40)52/h7-36,49,53H,1-6H3. The molecule has 0 aliphatic heterocycles. The molecule has 292 valence electrons. The molecule has 2 heteroatoms. The number of hydrogen-bond donors (Lipinski definition) is 0. The molecule has 8 aromatic carbocycles. The number of benzene rings is 8. The topological polar surface area (TPSA) is 6.48 Å². The van der Waals surface area contributed by atoms with E-state index in [-0.39, 0.29) is 16.7 Å². The summed E-state index contributed by atoms with van der Waals surface area (Å²) in [5.41, 5.74) is 18.3. The zero-order chi connectivity index (χ0) is 40.9. The maximum Gasteiger partial charge on any atom is 0.0540 e. The van der Waals surface area contributed by atoms with Crippen molar-refractivity contribution >= 4 is 50.0 Å². The second kappa shape index (κ2) is 13.4. The van der Waals surface area contributed by atoms with Gasteiger partial charge in [0.15, 0.2) is 0 Å². The van der Waals surface area contributed by atoms with Gasteiger partial charge in [-0.25, -0.2) is 0 Å². The Bertz CT molecular complexity index is 3060. The molecule has 2 atom stereocenters. The summed E-state index contributed by atoms with van der Waals surface area (Å²) in [5.74, 6) is 0.599. The molecule has 60 heavy (non-hydrogen) atoms. The summed E-state index contributed by atoms with van der Waals surface area (Å²) in [6.07, 6.45) is 5.08. The highest BCUT2D eigenvalue weighted by Crippen LogP contribution is 2.63. The monoisotopic (exact) mass is 774 g/mol. The minimum Gasteiger partial charge on any atom is -0.310 e. The van der Waals surface area contributed by atoms with Crippen molar-refractivity contribution in [1.29, 1.82) is 0 Å². The second-order valence-electron chi connectivity index (χ2n) is 18.3. The summed E-state index contributed by atoms with van der Waals surface area (Å²) in [4.78, 5) is 4.96. The fourth-order valence-electron chi connectivity index (χ4n) is 11.4. The Labute approximate surface area is 354 Å². The smallest absolute Gasteiger partial charge is 0.0540 e. The van der Waals surface area contributed by atoms with Crippen molar-refractivity contribution in [2.24, 2.45) is 5.92 Å². The van der Waals surface area contributed by atoms with Crippen LogP contribution in [0.3, 0.4) is 0 Å². The van der Waals surface area contributed by atoms with Gasteiger partial charge >= 0.3 is 0 Å². The third-order valence-electron chi connectivity index (χ3n) is 14.1. The Balaban J connectivity index is 1.06. The molecule has 0 amide bonds. The van der Waals surface area contributed by atoms with Gasteiger partial charge in [0.25, 0.3) is 0 Å². The summed E-state index contributed by atoms with van der Waals surface area (Å²) in [5, 5.41) is 4.99. The van der Waals surface area contributed by atoms with Crippen molar-refractivity contribution in [3.63, 3.8) is 0 Å². The van der Waals surface area contributed by atoms with E-state index < -0.39 is 0 Å². The first kappa shape index (κ1) is 36.4. The van der Waals surface area contributed by atoms with Crippen LogP contribution < -0.4 is 9.80 Å². The van der Waals surface area contributed by atoms with Crippen molar-refractivity contribution in [3.8, 4) is 11.1 Å². The van der Waals surface area contributed by atoms with Crippen molar-refractivity contribution in [3.05, 3.63) is 221 Å². The number of para-hydroxylation sites is 2. The minimum atomic E-state index is -0.216. The van der Waals surface area contributed by atoms with Gasteiger partial charge in [-0.3, -0.25) is 0 Å². The zero-order valence-corrected chi connectivity index (χ0v) is 35.4. The molecule has 0 spiro atoms. The van der Waals surface area contributed by atoms with Crippen molar-refractivity contribution in [2.45, 2.75) is 58.3 Å². The maximum atomic E-state index is 2.61. The van der Waals surface area contributed by atoms with Crippen LogP contribution in [0.25, 0.3) is 32.7 Å². The number of anilines is 5. The van der Waals surface area contributed by atoms with Gasteiger partial charge in [-0.15, -0.1) is 0 Å². The molecule has 0 radical (unpaired) electrons. The predicted molar refractivity (Wildman–Crippen MR) is 255 cm³/mol. The highest BCUT2D eigenvalue weighted by atomic mass is 15.2. The molecule has 3 aliphatic carbocycles. The fourth-order valence-corrected chi connectivity index (χ4v) is 11.4. The maximum absolute atomic E-state index is 2.61. The third kappa shape index (κ3) is 5.33. The number of hydrogen-bond acceptors (Lipinski definition) is 2. The summed E-state index contributed by atoms with van der Waals surface area (Å²) in [7, 11) is 0. The van der Waals surface area contributed by atoms with Crippen LogP contribution in [0, 0.1) is 12.8 Å². The van der Waals surface area contributed by atoms with E-state index in [1.165, 1.54) is 94.5 Å². The van der Waals surface area contributed by atoms with Crippen LogP contribution in [0.1, 0.15) is 68.4 Å². The molecule has 0 heterocycles. The predicted octanol–water partition coefficient (Wildman–Crippen LogP) is 15.8. The van der Waals surface area contributed by atoms with Crippen LogP contribution in [0.2, 0.25) is 0 Å². The molecular formula is C58H50N2. The lowest BCUT2D eigenvalue weighted by molar-refractivity contribution is 0.380. The highest BCUT2D eigenvalue weighted by molar-refractivity contribution is 6.00. The van der Waals surface area contributed by atoms with Crippen LogP contribution >= 0.6 is 0 Å². The molecule has 0 saturated carbocycles. The molecule has 11 rings (SSSR count). The minimum absolute atomic E-state index is 0.123. The summed E-state index contributed by atoms with van der Waals surface area (Å²) in [6.45, 7) is 14.7. The SMILES string of the molecule is CC1=CC(N(c2ccccc2)c2cccc3ccccc23)=CC2C1c1ccc3c(c1C2(C)C)C(C)(C)c1cc(N(c2ccccc2)c2cccc4ccccc24)cc(C)c1-3. The zero-order valence-electron chi connectivity index (χ0n) is 35.4. The fraction of sp³-hybridized carbons (Fsp3) is 0.172. The molecule has 0 saturated heterocycles. The van der Waals surface area contributed by atoms with Crippen molar-refractivity contribution in [1.82, 2.24) is 0 Å². The average molecular weight is 775 g/mol. The Morgan fingerprint density at radius 2 is 1.05 bits per heavy atom. The van der Waals surface area contributed by atoms with Gasteiger partial charge in [0.05, 0.1) is 11.4 Å². The first-order valence-electron chi connectivity index (χ1n) is 21.5.